The van der Waals surface area contributed by atoms with Gasteiger partial charge in [-0.3, -0.25) is 4.79 Å². The van der Waals surface area contributed by atoms with E-state index in [9.17, 15) is 9.18 Å². The van der Waals surface area contributed by atoms with E-state index in [0.717, 1.165) is 17.8 Å². The van der Waals surface area contributed by atoms with E-state index < -0.39 is 0 Å². The Labute approximate surface area is 119 Å². The van der Waals surface area contributed by atoms with Crippen LogP contribution in [0.15, 0.2) is 12.1 Å². The first-order valence-electron chi connectivity index (χ1n) is 6.97. The van der Waals surface area contributed by atoms with Crippen molar-refractivity contribution < 1.29 is 9.18 Å². The van der Waals surface area contributed by atoms with Gasteiger partial charge in [-0.15, -0.1) is 0 Å². The van der Waals surface area contributed by atoms with Crippen LogP contribution < -0.4 is 15.5 Å². The maximum absolute atomic E-state index is 13.9. The van der Waals surface area contributed by atoms with E-state index in [2.05, 4.69) is 15.5 Å². The molecule has 0 spiro atoms. The van der Waals surface area contributed by atoms with Gasteiger partial charge in [-0.2, -0.15) is 0 Å². The van der Waals surface area contributed by atoms with Gasteiger partial charge in [0, 0.05) is 24.8 Å². The second-order valence-corrected chi connectivity index (χ2v) is 5.33. The number of halogens is 1. The topological polar surface area (TPSA) is 44.4 Å². The van der Waals surface area contributed by atoms with E-state index in [-0.39, 0.29) is 23.8 Å². The third-order valence-electron chi connectivity index (χ3n) is 4.02. The van der Waals surface area contributed by atoms with Gasteiger partial charge >= 0.3 is 0 Å². The summed E-state index contributed by atoms with van der Waals surface area (Å²) in [6, 6.07) is 3.20. The van der Waals surface area contributed by atoms with Gasteiger partial charge < -0.3 is 15.5 Å². The molecule has 1 aromatic rings. The van der Waals surface area contributed by atoms with Crippen molar-refractivity contribution >= 4 is 11.6 Å². The van der Waals surface area contributed by atoms with Gasteiger partial charge in [0.15, 0.2) is 0 Å². The van der Waals surface area contributed by atoms with E-state index in [1.807, 2.05) is 27.0 Å². The lowest BCUT2D eigenvalue weighted by atomic mass is 10.0. The summed E-state index contributed by atoms with van der Waals surface area (Å²) in [4.78, 5) is 13.9. The number of piperazine rings is 1. The Bertz CT molecular complexity index is 518. The first-order valence-corrected chi connectivity index (χ1v) is 6.97. The third kappa shape index (κ3) is 2.63. The normalized spacial score (nSPS) is 20.8. The minimum Gasteiger partial charge on any atom is -0.358 e. The van der Waals surface area contributed by atoms with Crippen LogP contribution in [-0.2, 0) is 4.79 Å². The zero-order valence-electron chi connectivity index (χ0n) is 12.5. The monoisotopic (exact) mass is 279 g/mol. The van der Waals surface area contributed by atoms with Crippen LogP contribution in [0, 0.1) is 12.7 Å². The quantitative estimate of drug-likeness (QED) is 0.886. The highest BCUT2D eigenvalue weighted by atomic mass is 19.1. The van der Waals surface area contributed by atoms with Gasteiger partial charge in [-0.25, -0.2) is 4.39 Å². The SMILES string of the molecule is CNC(C)c1cc(F)c(C)cc1N1CCNC(=O)C1C. The molecule has 0 radical (unpaired) electrons. The van der Waals surface area contributed by atoms with E-state index in [1.54, 1.807) is 13.0 Å². The number of hydrogen-bond donors (Lipinski definition) is 2. The molecule has 1 amide bonds. The molecule has 1 aliphatic rings. The van der Waals surface area contributed by atoms with Crippen LogP contribution in [0.3, 0.4) is 0 Å². The van der Waals surface area contributed by atoms with Crippen LogP contribution in [0.2, 0.25) is 0 Å². The van der Waals surface area contributed by atoms with Crippen molar-refractivity contribution in [1.29, 1.82) is 0 Å². The fourth-order valence-corrected chi connectivity index (χ4v) is 2.54. The molecule has 1 fully saturated rings. The highest BCUT2D eigenvalue weighted by Gasteiger charge is 2.28. The minimum absolute atomic E-state index is 0.0151. The molecule has 110 valence electrons. The molecule has 0 aromatic heterocycles. The van der Waals surface area contributed by atoms with Crippen molar-refractivity contribution in [3.63, 3.8) is 0 Å². The van der Waals surface area contributed by atoms with Gasteiger partial charge in [-0.05, 0) is 51.1 Å². The zero-order valence-corrected chi connectivity index (χ0v) is 12.5. The maximum atomic E-state index is 13.9. The zero-order chi connectivity index (χ0) is 14.9. The standard InChI is InChI=1S/C15H22FN3O/c1-9-7-14(12(8-13(9)16)10(2)17-4)19-6-5-18-15(20)11(19)3/h7-8,10-11,17H,5-6H2,1-4H3,(H,18,20). The van der Waals surface area contributed by atoms with E-state index in [1.165, 1.54) is 0 Å². The van der Waals surface area contributed by atoms with Crippen molar-refractivity contribution in [1.82, 2.24) is 10.6 Å². The molecule has 2 unspecified atom stereocenters. The van der Waals surface area contributed by atoms with Crippen LogP contribution in [0.1, 0.15) is 31.0 Å². The maximum Gasteiger partial charge on any atom is 0.242 e. The predicted molar refractivity (Wildman–Crippen MR) is 78.4 cm³/mol. The highest BCUT2D eigenvalue weighted by molar-refractivity contribution is 5.86. The summed E-state index contributed by atoms with van der Waals surface area (Å²) in [6.45, 7) is 6.97. The summed E-state index contributed by atoms with van der Waals surface area (Å²) in [5.41, 5.74) is 2.43. The summed E-state index contributed by atoms with van der Waals surface area (Å²) >= 11 is 0. The molecule has 2 atom stereocenters. The van der Waals surface area contributed by atoms with Gasteiger partial charge in [-0.1, -0.05) is 0 Å². The molecular formula is C15H22FN3O. The number of nitrogens with one attached hydrogen (secondary N) is 2. The van der Waals surface area contributed by atoms with Crippen molar-refractivity contribution in [2.24, 2.45) is 0 Å². The fraction of sp³-hybridized carbons (Fsp3) is 0.533. The van der Waals surface area contributed by atoms with Gasteiger partial charge in [0.05, 0.1) is 0 Å². The summed E-state index contributed by atoms with van der Waals surface area (Å²) in [6.07, 6.45) is 0. The number of aryl methyl sites for hydroxylation is 1. The number of hydrogen-bond acceptors (Lipinski definition) is 3. The number of carbonyl (C=O) groups is 1. The summed E-state index contributed by atoms with van der Waals surface area (Å²) in [5, 5.41) is 5.99. The van der Waals surface area contributed by atoms with Crippen LogP contribution in [0.5, 0.6) is 0 Å². The molecule has 1 aliphatic heterocycles. The number of carbonyl (C=O) groups excluding carboxylic acids is 1. The molecule has 1 saturated heterocycles. The highest BCUT2D eigenvalue weighted by Crippen LogP contribution is 2.31. The smallest absolute Gasteiger partial charge is 0.242 e. The van der Waals surface area contributed by atoms with E-state index >= 15 is 0 Å². The summed E-state index contributed by atoms with van der Waals surface area (Å²) < 4.78 is 13.9. The first-order chi connectivity index (χ1) is 9.45. The van der Waals surface area contributed by atoms with Crippen molar-refractivity contribution in [2.75, 3.05) is 25.0 Å². The number of rotatable bonds is 3. The Morgan fingerprint density at radius 1 is 1.50 bits per heavy atom. The van der Waals surface area contributed by atoms with E-state index in [0.29, 0.717) is 12.1 Å². The number of anilines is 1. The molecule has 1 heterocycles. The van der Waals surface area contributed by atoms with Crippen molar-refractivity contribution in [3.05, 3.63) is 29.1 Å². The molecule has 5 heteroatoms. The Morgan fingerprint density at radius 3 is 2.85 bits per heavy atom. The Balaban J connectivity index is 2.48. The molecule has 0 aliphatic carbocycles. The van der Waals surface area contributed by atoms with Crippen LogP contribution in [0.4, 0.5) is 10.1 Å². The van der Waals surface area contributed by atoms with Crippen LogP contribution >= 0.6 is 0 Å². The van der Waals surface area contributed by atoms with Crippen LogP contribution in [0.25, 0.3) is 0 Å². The second kappa shape index (κ2) is 5.79. The predicted octanol–water partition coefficient (Wildman–Crippen LogP) is 1.74. The third-order valence-corrected chi connectivity index (χ3v) is 4.02. The largest absolute Gasteiger partial charge is 0.358 e. The van der Waals surface area contributed by atoms with Gasteiger partial charge in [0.25, 0.3) is 0 Å². The Morgan fingerprint density at radius 2 is 2.20 bits per heavy atom. The van der Waals surface area contributed by atoms with Gasteiger partial charge in [0.1, 0.15) is 11.9 Å². The lowest BCUT2D eigenvalue weighted by Gasteiger charge is -2.37. The van der Waals surface area contributed by atoms with Crippen molar-refractivity contribution in [2.45, 2.75) is 32.9 Å². The minimum atomic E-state index is -0.239. The second-order valence-electron chi connectivity index (χ2n) is 5.33. The Kier molecular flexibility index (Phi) is 4.28. The number of nitrogens with zero attached hydrogens (tertiary/aromatic N) is 1. The van der Waals surface area contributed by atoms with E-state index in [4.69, 9.17) is 0 Å². The summed E-state index contributed by atoms with van der Waals surface area (Å²) in [5.74, 6) is -0.193. The summed E-state index contributed by atoms with van der Waals surface area (Å²) in [7, 11) is 1.85. The van der Waals surface area contributed by atoms with Crippen molar-refractivity contribution in [3.8, 4) is 0 Å². The molecule has 4 nitrogen and oxygen atoms in total. The van der Waals surface area contributed by atoms with Crippen LogP contribution in [-0.4, -0.2) is 32.1 Å². The van der Waals surface area contributed by atoms with Gasteiger partial charge in [0.2, 0.25) is 5.91 Å². The number of benzene rings is 1. The molecule has 2 rings (SSSR count). The first kappa shape index (κ1) is 14.8. The molecule has 1 aromatic carbocycles. The number of amides is 1. The average Bonchev–Trinajstić information content (AvgIpc) is 2.43. The Hall–Kier alpha value is -1.62. The lowest BCUT2D eigenvalue weighted by Crippen LogP contribution is -2.54. The molecule has 20 heavy (non-hydrogen) atoms. The molecule has 2 N–H and O–H groups in total. The average molecular weight is 279 g/mol. The molecular weight excluding hydrogens is 257 g/mol. The lowest BCUT2D eigenvalue weighted by molar-refractivity contribution is -0.122. The molecule has 0 bridgehead atoms. The fourth-order valence-electron chi connectivity index (χ4n) is 2.54. The molecule has 0 saturated carbocycles.